The van der Waals surface area contributed by atoms with Crippen molar-refractivity contribution in [2.45, 2.75) is 13.5 Å². The number of halogens is 1. The first-order valence-corrected chi connectivity index (χ1v) is 7.12. The molecule has 106 valence electrons. The lowest BCUT2D eigenvalue weighted by atomic mass is 9.97. The molecule has 21 heavy (non-hydrogen) atoms. The van der Waals surface area contributed by atoms with Gasteiger partial charge in [0.15, 0.2) is 0 Å². The van der Waals surface area contributed by atoms with Gasteiger partial charge in [-0.1, -0.05) is 31.2 Å². The van der Waals surface area contributed by atoms with Gasteiger partial charge < -0.3 is 5.32 Å². The fourth-order valence-corrected chi connectivity index (χ4v) is 2.51. The summed E-state index contributed by atoms with van der Waals surface area (Å²) in [5, 5.41) is 5.31. The molecule has 1 aromatic heterocycles. The second kappa shape index (κ2) is 6.02. The fraction of sp³-hybridized carbons (Fsp3) is 0.167. The van der Waals surface area contributed by atoms with Crippen LogP contribution in [0.3, 0.4) is 0 Å². The standard InChI is InChI=1S/C18H17FN2/c1-2-20-11-13-6-7-18(19)16(10-13)15-5-3-4-14-8-9-21-12-17(14)15/h3-10,12,20H,2,11H2,1H3. The maximum Gasteiger partial charge on any atom is 0.131 e. The summed E-state index contributed by atoms with van der Waals surface area (Å²) in [6.07, 6.45) is 3.55. The Kier molecular flexibility index (Phi) is 3.93. The number of fused-ring (bicyclic) bond motifs is 1. The van der Waals surface area contributed by atoms with Crippen molar-refractivity contribution >= 4 is 10.8 Å². The maximum absolute atomic E-state index is 14.3. The maximum atomic E-state index is 14.3. The largest absolute Gasteiger partial charge is 0.313 e. The van der Waals surface area contributed by atoms with Gasteiger partial charge in [0, 0.05) is 29.9 Å². The number of nitrogens with one attached hydrogen (secondary N) is 1. The summed E-state index contributed by atoms with van der Waals surface area (Å²) in [4.78, 5) is 4.17. The van der Waals surface area contributed by atoms with E-state index in [0.717, 1.165) is 35.0 Å². The van der Waals surface area contributed by atoms with Crippen LogP contribution in [-0.2, 0) is 6.54 Å². The summed E-state index contributed by atoms with van der Waals surface area (Å²) in [5.41, 5.74) is 2.59. The minimum atomic E-state index is -0.202. The molecule has 1 N–H and O–H groups in total. The number of hydrogen-bond donors (Lipinski definition) is 1. The van der Waals surface area contributed by atoms with Crippen molar-refractivity contribution in [2.24, 2.45) is 0 Å². The molecule has 0 saturated carbocycles. The Balaban J connectivity index is 2.13. The third-order valence-corrected chi connectivity index (χ3v) is 3.58. The molecule has 0 saturated heterocycles. The van der Waals surface area contributed by atoms with Crippen molar-refractivity contribution in [2.75, 3.05) is 6.54 Å². The zero-order chi connectivity index (χ0) is 14.7. The van der Waals surface area contributed by atoms with E-state index in [1.807, 2.05) is 36.4 Å². The predicted molar refractivity (Wildman–Crippen MR) is 84.5 cm³/mol. The van der Waals surface area contributed by atoms with Crippen molar-refractivity contribution in [3.63, 3.8) is 0 Å². The van der Waals surface area contributed by atoms with Gasteiger partial charge in [0.2, 0.25) is 0 Å². The molecule has 2 aromatic carbocycles. The van der Waals surface area contributed by atoms with E-state index in [-0.39, 0.29) is 5.82 Å². The zero-order valence-electron chi connectivity index (χ0n) is 11.9. The first-order valence-electron chi connectivity index (χ1n) is 7.12. The molecule has 3 rings (SSSR count). The Morgan fingerprint density at radius 2 is 2.00 bits per heavy atom. The average molecular weight is 280 g/mol. The van der Waals surface area contributed by atoms with E-state index >= 15 is 0 Å². The van der Waals surface area contributed by atoms with Gasteiger partial charge in [0.05, 0.1) is 0 Å². The third kappa shape index (κ3) is 2.78. The van der Waals surface area contributed by atoms with E-state index in [1.165, 1.54) is 6.07 Å². The lowest BCUT2D eigenvalue weighted by molar-refractivity contribution is 0.629. The normalized spacial score (nSPS) is 11.0. The SMILES string of the molecule is CCNCc1ccc(F)c(-c2cccc3ccncc23)c1. The Hall–Kier alpha value is -2.26. The molecule has 0 spiro atoms. The summed E-state index contributed by atoms with van der Waals surface area (Å²) < 4.78 is 14.3. The second-order valence-electron chi connectivity index (χ2n) is 5.00. The minimum Gasteiger partial charge on any atom is -0.313 e. The Morgan fingerprint density at radius 3 is 2.86 bits per heavy atom. The molecule has 3 heteroatoms. The van der Waals surface area contributed by atoms with Gasteiger partial charge in [-0.3, -0.25) is 4.98 Å². The van der Waals surface area contributed by atoms with E-state index in [9.17, 15) is 4.39 Å². The van der Waals surface area contributed by atoms with Gasteiger partial charge in [0.25, 0.3) is 0 Å². The molecule has 3 aromatic rings. The van der Waals surface area contributed by atoms with Crippen LogP contribution in [0.2, 0.25) is 0 Å². The van der Waals surface area contributed by atoms with Crippen LogP contribution in [0.15, 0.2) is 54.9 Å². The Morgan fingerprint density at radius 1 is 1.10 bits per heavy atom. The number of benzene rings is 2. The van der Waals surface area contributed by atoms with E-state index in [2.05, 4.69) is 17.2 Å². The predicted octanol–water partition coefficient (Wildman–Crippen LogP) is 4.15. The monoisotopic (exact) mass is 280 g/mol. The van der Waals surface area contributed by atoms with Crippen LogP contribution < -0.4 is 5.32 Å². The summed E-state index contributed by atoms with van der Waals surface area (Å²) in [6, 6.07) is 13.1. The van der Waals surface area contributed by atoms with E-state index < -0.39 is 0 Å². The van der Waals surface area contributed by atoms with Crippen molar-refractivity contribution in [1.29, 1.82) is 0 Å². The highest BCUT2D eigenvalue weighted by atomic mass is 19.1. The van der Waals surface area contributed by atoms with Gasteiger partial charge in [-0.2, -0.15) is 0 Å². The summed E-state index contributed by atoms with van der Waals surface area (Å²) >= 11 is 0. The Bertz CT molecular complexity index is 763. The van der Waals surface area contributed by atoms with Gasteiger partial charge in [-0.25, -0.2) is 4.39 Å². The Labute approximate surface area is 123 Å². The number of hydrogen-bond acceptors (Lipinski definition) is 2. The van der Waals surface area contributed by atoms with Crippen molar-refractivity contribution in [3.05, 3.63) is 66.2 Å². The van der Waals surface area contributed by atoms with E-state index in [0.29, 0.717) is 5.56 Å². The molecule has 0 amide bonds. The fourth-order valence-electron chi connectivity index (χ4n) is 2.51. The molecule has 0 aliphatic rings. The molecule has 0 fully saturated rings. The summed E-state index contributed by atoms with van der Waals surface area (Å²) in [5.74, 6) is -0.202. The van der Waals surface area contributed by atoms with Crippen LogP contribution in [0.5, 0.6) is 0 Å². The summed E-state index contributed by atoms with van der Waals surface area (Å²) in [6.45, 7) is 3.69. The minimum absolute atomic E-state index is 0.202. The molecule has 0 unspecified atom stereocenters. The van der Waals surface area contributed by atoms with Crippen molar-refractivity contribution in [3.8, 4) is 11.1 Å². The van der Waals surface area contributed by atoms with Crippen LogP contribution in [0.25, 0.3) is 21.9 Å². The van der Waals surface area contributed by atoms with Crippen LogP contribution in [-0.4, -0.2) is 11.5 Å². The van der Waals surface area contributed by atoms with E-state index in [4.69, 9.17) is 0 Å². The lowest BCUT2D eigenvalue weighted by Crippen LogP contribution is -2.11. The highest BCUT2D eigenvalue weighted by molar-refractivity contribution is 5.96. The highest BCUT2D eigenvalue weighted by Crippen LogP contribution is 2.30. The smallest absolute Gasteiger partial charge is 0.131 e. The average Bonchev–Trinajstić information content (AvgIpc) is 2.54. The molecule has 0 aliphatic heterocycles. The molecule has 0 aliphatic carbocycles. The molecule has 2 nitrogen and oxygen atoms in total. The van der Waals surface area contributed by atoms with Crippen LogP contribution in [0, 0.1) is 5.82 Å². The number of aromatic nitrogens is 1. The second-order valence-corrected chi connectivity index (χ2v) is 5.00. The topological polar surface area (TPSA) is 24.9 Å². The molecule has 1 heterocycles. The third-order valence-electron chi connectivity index (χ3n) is 3.58. The van der Waals surface area contributed by atoms with Gasteiger partial charge in [0.1, 0.15) is 5.82 Å². The van der Waals surface area contributed by atoms with Crippen molar-refractivity contribution < 1.29 is 4.39 Å². The number of pyridine rings is 1. The molecular weight excluding hydrogens is 263 g/mol. The summed E-state index contributed by atoms with van der Waals surface area (Å²) in [7, 11) is 0. The van der Waals surface area contributed by atoms with Crippen LogP contribution in [0.1, 0.15) is 12.5 Å². The number of nitrogens with zero attached hydrogens (tertiary/aromatic N) is 1. The van der Waals surface area contributed by atoms with E-state index in [1.54, 1.807) is 12.4 Å². The van der Waals surface area contributed by atoms with Gasteiger partial charge >= 0.3 is 0 Å². The molecule has 0 bridgehead atoms. The molecule has 0 radical (unpaired) electrons. The van der Waals surface area contributed by atoms with Gasteiger partial charge in [-0.15, -0.1) is 0 Å². The zero-order valence-corrected chi connectivity index (χ0v) is 11.9. The van der Waals surface area contributed by atoms with Crippen molar-refractivity contribution in [1.82, 2.24) is 10.3 Å². The number of rotatable bonds is 4. The van der Waals surface area contributed by atoms with Gasteiger partial charge in [-0.05, 0) is 41.3 Å². The first kappa shape index (κ1) is 13.7. The quantitative estimate of drug-likeness (QED) is 0.776. The molecular formula is C18H17FN2. The highest BCUT2D eigenvalue weighted by Gasteiger charge is 2.09. The first-order chi connectivity index (χ1) is 10.3. The molecule has 0 atom stereocenters. The van der Waals surface area contributed by atoms with Crippen LogP contribution in [0.4, 0.5) is 4.39 Å². The van der Waals surface area contributed by atoms with Crippen LogP contribution >= 0.6 is 0 Å². The lowest BCUT2D eigenvalue weighted by Gasteiger charge is -2.10.